The summed E-state index contributed by atoms with van der Waals surface area (Å²) in [4.78, 5) is 12.3. The Labute approximate surface area is 191 Å². The zero-order valence-electron chi connectivity index (χ0n) is 18.0. The molecule has 2 aromatic carbocycles. The van der Waals surface area contributed by atoms with Crippen molar-refractivity contribution in [1.82, 2.24) is 14.8 Å². The zero-order chi connectivity index (χ0) is 22.2. The van der Waals surface area contributed by atoms with Gasteiger partial charge in [0.05, 0.1) is 11.5 Å². The third-order valence-corrected chi connectivity index (χ3v) is 6.68. The fraction of sp³-hybridized carbons (Fsp3) is 0.348. The van der Waals surface area contributed by atoms with Gasteiger partial charge in [0.25, 0.3) is 0 Å². The van der Waals surface area contributed by atoms with Gasteiger partial charge in [-0.2, -0.15) is 0 Å². The lowest BCUT2D eigenvalue weighted by Gasteiger charge is -2.09. The molecule has 0 aliphatic heterocycles. The first-order valence-corrected chi connectivity index (χ1v) is 12.4. The normalized spacial score (nSPS) is 11.1. The lowest BCUT2D eigenvalue weighted by atomic mass is 10.0. The first kappa shape index (κ1) is 23.3. The van der Waals surface area contributed by atoms with E-state index in [4.69, 9.17) is 0 Å². The smallest absolute Gasteiger partial charge is 0.234 e. The van der Waals surface area contributed by atoms with E-state index in [1.807, 2.05) is 35.8 Å². The number of hydrogen-bond acceptors (Lipinski definition) is 5. The molecule has 1 N–H and O–H groups in total. The van der Waals surface area contributed by atoms with E-state index in [9.17, 15) is 9.18 Å². The predicted octanol–water partition coefficient (Wildman–Crippen LogP) is 5.72. The van der Waals surface area contributed by atoms with Crippen LogP contribution in [0.2, 0.25) is 0 Å². The summed E-state index contributed by atoms with van der Waals surface area (Å²) in [6.45, 7) is 7.06. The minimum atomic E-state index is -0.224. The number of anilines is 1. The number of nitrogens with zero attached hydrogens (tertiary/aromatic N) is 3. The monoisotopic (exact) mass is 458 g/mol. The first-order chi connectivity index (χ1) is 15.0. The van der Waals surface area contributed by atoms with Gasteiger partial charge in [0.2, 0.25) is 5.91 Å². The molecule has 164 valence electrons. The Morgan fingerprint density at radius 2 is 1.77 bits per heavy atom. The molecule has 0 fully saturated rings. The van der Waals surface area contributed by atoms with Gasteiger partial charge in [-0.1, -0.05) is 49.9 Å². The van der Waals surface area contributed by atoms with Gasteiger partial charge in [-0.15, -0.1) is 22.0 Å². The highest BCUT2D eigenvalue weighted by molar-refractivity contribution is 7.99. The molecule has 31 heavy (non-hydrogen) atoms. The Bertz CT molecular complexity index is 988. The van der Waals surface area contributed by atoms with Crippen LogP contribution < -0.4 is 5.32 Å². The Morgan fingerprint density at radius 3 is 2.42 bits per heavy atom. The first-order valence-electron chi connectivity index (χ1n) is 10.2. The Morgan fingerprint density at radius 1 is 1.06 bits per heavy atom. The average molecular weight is 459 g/mol. The number of benzene rings is 2. The van der Waals surface area contributed by atoms with Crippen LogP contribution in [0.25, 0.3) is 0 Å². The highest BCUT2D eigenvalue weighted by Gasteiger charge is 2.13. The molecular weight excluding hydrogens is 431 g/mol. The van der Waals surface area contributed by atoms with Crippen LogP contribution in [0.1, 0.15) is 43.6 Å². The number of halogens is 1. The van der Waals surface area contributed by atoms with Crippen molar-refractivity contribution < 1.29 is 9.18 Å². The van der Waals surface area contributed by atoms with Crippen LogP contribution >= 0.6 is 23.5 Å². The molecule has 0 aliphatic rings. The van der Waals surface area contributed by atoms with E-state index in [1.165, 1.54) is 29.5 Å². The van der Waals surface area contributed by atoms with Crippen molar-refractivity contribution in [2.24, 2.45) is 0 Å². The molecule has 0 spiro atoms. The number of thioether (sulfide) groups is 2. The maximum atomic E-state index is 13.0. The molecule has 1 amide bonds. The van der Waals surface area contributed by atoms with Crippen LogP contribution in [0.5, 0.6) is 0 Å². The summed E-state index contributed by atoms with van der Waals surface area (Å²) in [6, 6.07) is 14.5. The van der Waals surface area contributed by atoms with Crippen molar-refractivity contribution in [3.63, 3.8) is 0 Å². The van der Waals surface area contributed by atoms with Crippen molar-refractivity contribution in [3.8, 4) is 0 Å². The Balaban J connectivity index is 1.50. The van der Waals surface area contributed by atoms with Gasteiger partial charge >= 0.3 is 0 Å². The van der Waals surface area contributed by atoms with Crippen molar-refractivity contribution in [3.05, 3.63) is 71.3 Å². The topological polar surface area (TPSA) is 59.8 Å². The van der Waals surface area contributed by atoms with Gasteiger partial charge in [0, 0.05) is 18.0 Å². The summed E-state index contributed by atoms with van der Waals surface area (Å²) in [5.74, 6) is 2.79. The minimum absolute atomic E-state index is 0.0693. The number of aromatic nitrogens is 3. The molecule has 8 heteroatoms. The zero-order valence-corrected chi connectivity index (χ0v) is 19.6. The second-order valence-electron chi connectivity index (χ2n) is 7.38. The van der Waals surface area contributed by atoms with Crippen LogP contribution in [0.4, 0.5) is 10.1 Å². The third-order valence-electron chi connectivity index (χ3n) is 4.72. The van der Waals surface area contributed by atoms with E-state index < -0.39 is 0 Å². The number of nitrogens with one attached hydrogen (secondary N) is 1. The molecular formula is C23H27FN4OS2. The lowest BCUT2D eigenvalue weighted by molar-refractivity contribution is -0.113. The number of hydrogen-bond donors (Lipinski definition) is 1. The van der Waals surface area contributed by atoms with Crippen molar-refractivity contribution in [1.29, 1.82) is 0 Å². The second-order valence-corrected chi connectivity index (χ2v) is 9.30. The molecule has 0 atom stereocenters. The highest BCUT2D eigenvalue weighted by atomic mass is 32.2. The number of carbonyl (C=O) groups is 1. The predicted molar refractivity (Wildman–Crippen MR) is 127 cm³/mol. The summed E-state index contributed by atoms with van der Waals surface area (Å²) in [5.41, 5.74) is 3.11. The van der Waals surface area contributed by atoms with Crippen LogP contribution in [-0.2, 0) is 22.8 Å². The van der Waals surface area contributed by atoms with Crippen molar-refractivity contribution >= 4 is 35.1 Å². The minimum Gasteiger partial charge on any atom is -0.325 e. The number of amides is 1. The van der Waals surface area contributed by atoms with Crippen LogP contribution in [0.3, 0.4) is 0 Å². The third kappa shape index (κ3) is 6.83. The maximum Gasteiger partial charge on any atom is 0.234 e. The Kier molecular flexibility index (Phi) is 8.54. The van der Waals surface area contributed by atoms with E-state index >= 15 is 0 Å². The maximum absolute atomic E-state index is 13.0. The molecule has 0 radical (unpaired) electrons. The van der Waals surface area contributed by atoms with Gasteiger partial charge < -0.3 is 9.88 Å². The van der Waals surface area contributed by atoms with Crippen molar-refractivity contribution in [2.75, 3.05) is 11.1 Å². The molecule has 0 bridgehead atoms. The van der Waals surface area contributed by atoms with Crippen LogP contribution in [-0.4, -0.2) is 26.4 Å². The molecule has 0 unspecified atom stereocenters. The molecule has 0 saturated heterocycles. The van der Waals surface area contributed by atoms with Gasteiger partial charge in [0.1, 0.15) is 11.6 Å². The average Bonchev–Trinajstić information content (AvgIpc) is 3.16. The Hall–Kier alpha value is -2.32. The quantitative estimate of drug-likeness (QED) is 0.394. The highest BCUT2D eigenvalue weighted by Crippen LogP contribution is 2.23. The number of carbonyl (C=O) groups excluding carboxylic acids is 1. The summed E-state index contributed by atoms with van der Waals surface area (Å²) in [7, 11) is 0. The fourth-order valence-corrected chi connectivity index (χ4v) is 4.72. The molecule has 1 heterocycles. The standard InChI is InChI=1S/C23H27FN4OS2/c1-4-28-21(14-30-13-17-5-9-19(24)10-6-17)26-27-23(28)31-15-22(29)25-20-11-7-18(8-12-20)16(2)3/h5-12,16H,4,13-15H2,1-3H3,(H,25,29). The summed E-state index contributed by atoms with van der Waals surface area (Å²) in [5, 5.41) is 12.2. The van der Waals surface area contributed by atoms with Gasteiger partial charge in [0.15, 0.2) is 5.16 Å². The number of rotatable bonds is 10. The molecule has 0 saturated carbocycles. The van der Waals surface area contributed by atoms with Gasteiger partial charge in [-0.25, -0.2) is 4.39 Å². The largest absolute Gasteiger partial charge is 0.325 e. The summed E-state index contributed by atoms with van der Waals surface area (Å²) in [6.07, 6.45) is 0. The van der Waals surface area contributed by atoms with Gasteiger partial charge in [-0.05, 0) is 48.2 Å². The SMILES string of the molecule is CCn1c(CSCc2ccc(F)cc2)nnc1SCC(=O)Nc1ccc(C(C)C)cc1. The van der Waals surface area contributed by atoms with E-state index in [0.717, 1.165) is 34.5 Å². The second kappa shape index (κ2) is 11.3. The summed E-state index contributed by atoms with van der Waals surface area (Å²) >= 11 is 3.09. The lowest BCUT2D eigenvalue weighted by Crippen LogP contribution is -2.14. The molecule has 0 aliphatic carbocycles. The van der Waals surface area contributed by atoms with Crippen LogP contribution in [0.15, 0.2) is 53.7 Å². The van der Waals surface area contributed by atoms with E-state index in [0.29, 0.717) is 11.7 Å². The fourth-order valence-electron chi connectivity index (χ4n) is 2.97. The molecule has 3 rings (SSSR count). The van der Waals surface area contributed by atoms with E-state index in [-0.39, 0.29) is 17.5 Å². The van der Waals surface area contributed by atoms with Crippen LogP contribution in [0, 0.1) is 5.82 Å². The molecule has 1 aromatic heterocycles. The molecule has 3 aromatic rings. The van der Waals surface area contributed by atoms with Gasteiger partial charge in [-0.3, -0.25) is 4.79 Å². The molecule has 5 nitrogen and oxygen atoms in total. The van der Waals surface area contributed by atoms with E-state index in [2.05, 4.69) is 29.4 Å². The summed E-state index contributed by atoms with van der Waals surface area (Å²) < 4.78 is 15.0. The van der Waals surface area contributed by atoms with E-state index in [1.54, 1.807) is 23.9 Å². The van der Waals surface area contributed by atoms with Crippen molar-refractivity contribution in [2.45, 2.75) is 49.9 Å².